The summed E-state index contributed by atoms with van der Waals surface area (Å²) in [5.74, 6) is 0. The molecule has 0 atom stereocenters. The highest BCUT2D eigenvalue weighted by Gasteiger charge is 2.09. The minimum Gasteiger partial charge on any atom is -0.456 e. The Labute approximate surface area is 86.2 Å². The van der Waals surface area contributed by atoms with Crippen molar-refractivity contribution < 1.29 is 4.42 Å². The first-order valence-corrected chi connectivity index (χ1v) is 5.05. The van der Waals surface area contributed by atoms with Crippen LogP contribution >= 0.6 is 0 Å². The van der Waals surface area contributed by atoms with Crippen molar-refractivity contribution in [2.45, 2.75) is 0 Å². The van der Waals surface area contributed by atoms with E-state index in [0.717, 1.165) is 11.2 Å². The largest absolute Gasteiger partial charge is 0.456 e. The van der Waals surface area contributed by atoms with Gasteiger partial charge in [-0.15, -0.1) is 0 Å². The van der Waals surface area contributed by atoms with Crippen LogP contribution in [0, 0.1) is 0 Å². The average molecular weight is 192 g/mol. The maximum atomic E-state index is 5.64. The first kappa shape index (κ1) is 7.30. The van der Waals surface area contributed by atoms with Gasteiger partial charge in [-0.2, -0.15) is 0 Å². The van der Waals surface area contributed by atoms with E-state index in [1.54, 1.807) is 0 Å². The van der Waals surface area contributed by atoms with Gasteiger partial charge >= 0.3 is 0 Å². The summed E-state index contributed by atoms with van der Waals surface area (Å²) in [5, 5.41) is 5.00. The molecule has 0 saturated heterocycles. The maximum Gasteiger partial charge on any atom is 0.135 e. The summed E-state index contributed by atoms with van der Waals surface area (Å²) in [4.78, 5) is 0. The van der Waals surface area contributed by atoms with Gasteiger partial charge in [-0.1, -0.05) is 24.3 Å². The third-order valence-electron chi connectivity index (χ3n) is 3.02. The average Bonchev–Trinajstić information content (AvgIpc) is 2.87. The molecule has 70 valence electrons. The van der Waals surface area contributed by atoms with E-state index in [9.17, 15) is 0 Å². The van der Waals surface area contributed by atoms with E-state index in [4.69, 9.17) is 4.42 Å². The zero-order valence-corrected chi connectivity index (χ0v) is 8.03. The summed E-state index contributed by atoms with van der Waals surface area (Å²) < 4.78 is 5.64. The number of benzene rings is 3. The van der Waals surface area contributed by atoms with Crippen LogP contribution in [-0.4, -0.2) is 0 Å². The van der Waals surface area contributed by atoms with Gasteiger partial charge in [-0.3, -0.25) is 0 Å². The van der Waals surface area contributed by atoms with Crippen LogP contribution in [0.2, 0.25) is 0 Å². The quantitative estimate of drug-likeness (QED) is 0.381. The molecule has 0 aliphatic carbocycles. The lowest BCUT2D eigenvalue weighted by Gasteiger charge is -1.98. The topological polar surface area (TPSA) is 13.1 Å². The molecule has 2 aromatic carbocycles. The van der Waals surface area contributed by atoms with Gasteiger partial charge in [-0.25, -0.2) is 0 Å². The second-order valence-corrected chi connectivity index (χ2v) is 3.91. The molecule has 0 fully saturated rings. The lowest BCUT2D eigenvalue weighted by atomic mass is 10.0. The molecular weight excluding hydrogens is 184 g/mol. The highest BCUT2D eigenvalue weighted by atomic mass is 16.3. The van der Waals surface area contributed by atoms with Gasteiger partial charge in [-0.05, 0) is 35.0 Å². The molecule has 4 rings (SSSR count). The van der Waals surface area contributed by atoms with Crippen molar-refractivity contribution in [1.29, 1.82) is 0 Å². The van der Waals surface area contributed by atoms with Crippen LogP contribution in [0.25, 0.3) is 32.7 Å². The molecule has 0 amide bonds. The second-order valence-electron chi connectivity index (χ2n) is 3.91. The molecule has 2 heterocycles. The Kier molecular flexibility index (Phi) is 1.13. The fraction of sp³-hybridized carbons (Fsp3) is 0. The van der Waals surface area contributed by atoms with Crippen LogP contribution in [0.1, 0.15) is 0 Å². The molecular formula is C14H8O. The van der Waals surface area contributed by atoms with Crippen LogP contribution in [0.3, 0.4) is 0 Å². The Morgan fingerprint density at radius 1 is 0.667 bits per heavy atom. The summed E-state index contributed by atoms with van der Waals surface area (Å²) in [7, 11) is 0. The van der Waals surface area contributed by atoms with E-state index in [1.807, 2.05) is 12.1 Å². The third kappa shape index (κ3) is 0.827. The standard InChI is InChI=1S/C14H8O/c1-2-4-10-8-12-11(7-9(10)3-1)13-5-6-14(12)15-13/h1-8H. The molecule has 15 heavy (non-hydrogen) atoms. The van der Waals surface area contributed by atoms with Crippen LogP contribution < -0.4 is 0 Å². The van der Waals surface area contributed by atoms with E-state index < -0.39 is 0 Å². The normalized spacial score (nSPS) is 12.0. The van der Waals surface area contributed by atoms with Gasteiger partial charge in [0.1, 0.15) is 11.2 Å². The summed E-state index contributed by atoms with van der Waals surface area (Å²) in [5.41, 5.74) is 1.98. The number of hydrogen-bond donors (Lipinski definition) is 0. The van der Waals surface area contributed by atoms with Crippen molar-refractivity contribution in [2.24, 2.45) is 0 Å². The second kappa shape index (κ2) is 2.31. The molecule has 0 aliphatic heterocycles. The molecule has 0 aliphatic rings. The van der Waals surface area contributed by atoms with Gasteiger partial charge in [0.15, 0.2) is 0 Å². The van der Waals surface area contributed by atoms with E-state index in [2.05, 4.69) is 36.4 Å². The van der Waals surface area contributed by atoms with Crippen LogP contribution in [0.4, 0.5) is 0 Å². The summed E-state index contributed by atoms with van der Waals surface area (Å²) in [6.45, 7) is 0. The Morgan fingerprint density at radius 3 is 1.73 bits per heavy atom. The third-order valence-corrected chi connectivity index (χ3v) is 3.02. The predicted octanol–water partition coefficient (Wildman–Crippen LogP) is 4.18. The molecule has 0 N–H and O–H groups in total. The predicted molar refractivity (Wildman–Crippen MR) is 62.4 cm³/mol. The fourth-order valence-corrected chi connectivity index (χ4v) is 2.28. The Morgan fingerprint density at radius 2 is 1.20 bits per heavy atom. The molecule has 2 aromatic heterocycles. The van der Waals surface area contributed by atoms with E-state index in [-0.39, 0.29) is 0 Å². The number of hydrogen-bond acceptors (Lipinski definition) is 1. The van der Waals surface area contributed by atoms with Gasteiger partial charge < -0.3 is 4.42 Å². The van der Waals surface area contributed by atoms with E-state index >= 15 is 0 Å². The molecule has 1 heteroatoms. The monoisotopic (exact) mass is 192 g/mol. The van der Waals surface area contributed by atoms with E-state index in [0.29, 0.717) is 0 Å². The Hall–Kier alpha value is -2.02. The highest BCUT2D eigenvalue weighted by Crippen LogP contribution is 2.34. The zero-order valence-electron chi connectivity index (χ0n) is 8.03. The van der Waals surface area contributed by atoms with Crippen LogP contribution in [-0.2, 0) is 0 Å². The Bertz CT molecular complexity index is 700. The minimum absolute atomic E-state index is 0.991. The van der Waals surface area contributed by atoms with Crippen molar-refractivity contribution in [3.63, 3.8) is 0 Å². The highest BCUT2D eigenvalue weighted by molar-refractivity contribution is 6.12. The van der Waals surface area contributed by atoms with Crippen molar-refractivity contribution >= 4 is 32.7 Å². The smallest absolute Gasteiger partial charge is 0.135 e. The molecule has 0 radical (unpaired) electrons. The zero-order chi connectivity index (χ0) is 9.83. The van der Waals surface area contributed by atoms with Crippen molar-refractivity contribution in [2.75, 3.05) is 0 Å². The first-order chi connectivity index (χ1) is 7.42. The maximum absolute atomic E-state index is 5.64. The minimum atomic E-state index is 0.991. The van der Waals surface area contributed by atoms with Crippen molar-refractivity contribution in [3.05, 3.63) is 48.5 Å². The van der Waals surface area contributed by atoms with Crippen LogP contribution in [0.5, 0.6) is 0 Å². The number of furan rings is 2. The number of rotatable bonds is 0. The SMILES string of the molecule is c1ccc2cc3c4ccc(o4)c3cc2c1. The van der Waals surface area contributed by atoms with E-state index in [1.165, 1.54) is 21.5 Å². The van der Waals surface area contributed by atoms with Crippen molar-refractivity contribution in [1.82, 2.24) is 0 Å². The lowest BCUT2D eigenvalue weighted by Crippen LogP contribution is -1.73. The molecule has 4 aromatic rings. The molecule has 0 spiro atoms. The lowest BCUT2D eigenvalue weighted by molar-refractivity contribution is 0.679. The molecule has 2 bridgehead atoms. The van der Waals surface area contributed by atoms with Gasteiger partial charge in [0, 0.05) is 10.8 Å². The molecule has 0 saturated carbocycles. The fourth-order valence-electron chi connectivity index (χ4n) is 2.28. The summed E-state index contributed by atoms with van der Waals surface area (Å²) >= 11 is 0. The molecule has 1 nitrogen and oxygen atoms in total. The summed E-state index contributed by atoms with van der Waals surface area (Å²) in [6.07, 6.45) is 0. The molecule has 0 unspecified atom stereocenters. The van der Waals surface area contributed by atoms with Gasteiger partial charge in [0.05, 0.1) is 0 Å². The van der Waals surface area contributed by atoms with Crippen molar-refractivity contribution in [3.8, 4) is 0 Å². The van der Waals surface area contributed by atoms with Gasteiger partial charge in [0.25, 0.3) is 0 Å². The number of fused-ring (bicyclic) bond motifs is 6. The Balaban J connectivity index is 2.35. The summed E-state index contributed by atoms with van der Waals surface area (Å²) in [6, 6.07) is 16.9. The van der Waals surface area contributed by atoms with Crippen LogP contribution in [0.15, 0.2) is 52.9 Å². The van der Waals surface area contributed by atoms with Gasteiger partial charge in [0.2, 0.25) is 0 Å². The first-order valence-electron chi connectivity index (χ1n) is 5.05.